The Morgan fingerprint density at radius 1 is 0.279 bits per heavy atom. The van der Waals surface area contributed by atoms with E-state index in [0.29, 0.717) is 0 Å². The minimum atomic E-state index is 1.12. The number of hydrogen-bond acceptors (Lipinski definition) is 0. The van der Waals surface area contributed by atoms with Gasteiger partial charge in [0.05, 0.1) is 22.1 Å². The number of para-hydroxylation sites is 6. The van der Waals surface area contributed by atoms with Gasteiger partial charge in [-0.2, -0.15) is 0 Å². The average Bonchev–Trinajstić information content (AvgIpc) is 3.97. The van der Waals surface area contributed by atoms with Crippen LogP contribution in [0.25, 0.3) is 98.3 Å². The molecule has 0 radical (unpaired) electrons. The number of rotatable bonds is 2. The van der Waals surface area contributed by atoms with E-state index >= 15 is 0 Å². The van der Waals surface area contributed by atoms with Crippen molar-refractivity contribution in [1.82, 2.24) is 14.1 Å². The lowest BCUT2D eigenvalue weighted by Crippen LogP contribution is -1.95. The van der Waals surface area contributed by atoms with Crippen LogP contribution in [0.4, 0.5) is 0 Å². The molecule has 3 heterocycles. The van der Waals surface area contributed by atoms with Gasteiger partial charge in [-0.3, -0.25) is 0 Å². The van der Waals surface area contributed by atoms with Crippen LogP contribution in [0, 0.1) is 0 Å². The van der Waals surface area contributed by atoms with E-state index in [0.717, 1.165) is 8.95 Å². The third kappa shape index (κ3) is 6.77. The molecular weight excluding hydrogens is 874 g/mol. The Hall–Kier alpha value is -6.92. The summed E-state index contributed by atoms with van der Waals surface area (Å²) in [6, 6.07) is 77.6. The molecule has 0 atom stereocenters. The van der Waals surface area contributed by atoms with Crippen molar-refractivity contribution < 1.29 is 0 Å². The van der Waals surface area contributed by atoms with E-state index in [1.807, 2.05) is 0 Å². The van der Waals surface area contributed by atoms with Crippen molar-refractivity contribution in [3.05, 3.63) is 227 Å². The maximum Gasteiger partial charge on any atom is 0.0541 e. The lowest BCUT2D eigenvalue weighted by atomic mass is 10.1. The summed E-state index contributed by atoms with van der Waals surface area (Å²) in [5.74, 6) is 0. The quantitative estimate of drug-likeness (QED) is 0.179. The van der Waals surface area contributed by atoms with E-state index in [9.17, 15) is 0 Å². The molecule has 0 spiro atoms. The Bertz CT molecular complexity index is 3410. The summed E-state index contributed by atoms with van der Waals surface area (Å²) in [5.41, 5.74) is 9.74. The van der Waals surface area contributed by atoms with Crippen molar-refractivity contribution in [2.24, 2.45) is 0 Å². The van der Waals surface area contributed by atoms with E-state index in [1.54, 1.807) is 0 Å². The zero-order valence-electron chi connectivity index (χ0n) is 32.9. The van der Waals surface area contributed by atoms with Crippen molar-refractivity contribution >= 4 is 119 Å². The average molecular weight is 912 g/mol. The molecule has 3 nitrogen and oxygen atoms in total. The Balaban J connectivity index is 0.000000136. The second-order valence-corrected chi connectivity index (χ2v) is 17.1. The van der Waals surface area contributed by atoms with Crippen LogP contribution in [0.1, 0.15) is 0 Å². The van der Waals surface area contributed by atoms with Crippen LogP contribution in [-0.4, -0.2) is 14.1 Å². The number of aromatic nitrogens is 3. The van der Waals surface area contributed by atoms with Gasteiger partial charge in [-0.15, -0.1) is 0 Å². The molecule has 0 amide bonds. The summed E-state index contributed by atoms with van der Waals surface area (Å²) in [6.45, 7) is 0. The minimum Gasteiger partial charge on any atom is -0.355 e. The van der Waals surface area contributed by atoms with E-state index < -0.39 is 0 Å². The van der Waals surface area contributed by atoms with Gasteiger partial charge in [0.1, 0.15) is 0 Å². The highest BCUT2D eigenvalue weighted by Crippen LogP contribution is 2.35. The number of benzene rings is 10. The molecule has 0 aliphatic carbocycles. The first-order valence-electron chi connectivity index (χ1n) is 20.4. The third-order valence-electron chi connectivity index (χ3n) is 11.7. The predicted octanol–water partition coefficient (Wildman–Crippen LogP) is 16.7. The molecule has 10 aromatic carbocycles. The first-order valence-corrected chi connectivity index (χ1v) is 22.0. The van der Waals surface area contributed by atoms with Gasteiger partial charge in [0, 0.05) is 63.7 Å². The SMILES string of the molecule is Brc1ccc2cc(Br)ccc2c1.c1ccc2c(c1)[nH]c1ccccc12.c1ccc2c(c1)c1ccccc1n2-c1ccc2cc(-n3c4ccccc4c4ccccc43)ccc2c1. The second kappa shape index (κ2) is 15.6. The lowest BCUT2D eigenvalue weighted by molar-refractivity contribution is 1.18. The van der Waals surface area contributed by atoms with Gasteiger partial charge in [0.25, 0.3) is 0 Å². The number of nitrogens with zero attached hydrogens (tertiary/aromatic N) is 2. The molecule has 0 bridgehead atoms. The number of nitrogens with one attached hydrogen (secondary N) is 1. The van der Waals surface area contributed by atoms with Crippen LogP contribution < -0.4 is 0 Å². The fraction of sp³-hybridized carbons (Fsp3) is 0. The van der Waals surface area contributed by atoms with Crippen molar-refractivity contribution in [3.8, 4) is 11.4 Å². The van der Waals surface area contributed by atoms with Crippen LogP contribution in [0.2, 0.25) is 0 Å². The van der Waals surface area contributed by atoms with Gasteiger partial charge in [0.15, 0.2) is 0 Å². The number of halogens is 2. The molecule has 0 fully saturated rings. The predicted molar refractivity (Wildman–Crippen MR) is 268 cm³/mol. The maximum absolute atomic E-state index is 3.44. The van der Waals surface area contributed by atoms with Gasteiger partial charge in [0.2, 0.25) is 0 Å². The normalized spacial score (nSPS) is 11.4. The molecule has 290 valence electrons. The minimum absolute atomic E-state index is 1.12. The largest absolute Gasteiger partial charge is 0.355 e. The van der Waals surface area contributed by atoms with Crippen LogP contribution in [0.15, 0.2) is 227 Å². The molecule has 61 heavy (non-hydrogen) atoms. The van der Waals surface area contributed by atoms with Crippen molar-refractivity contribution in [2.45, 2.75) is 0 Å². The summed E-state index contributed by atoms with van der Waals surface area (Å²) < 4.78 is 7.00. The Labute approximate surface area is 369 Å². The van der Waals surface area contributed by atoms with Crippen molar-refractivity contribution in [1.29, 1.82) is 0 Å². The van der Waals surface area contributed by atoms with Crippen LogP contribution in [0.3, 0.4) is 0 Å². The monoisotopic (exact) mass is 909 g/mol. The number of fused-ring (bicyclic) bond motifs is 11. The third-order valence-corrected chi connectivity index (χ3v) is 12.6. The van der Waals surface area contributed by atoms with Crippen molar-refractivity contribution in [2.75, 3.05) is 0 Å². The summed E-state index contributed by atoms with van der Waals surface area (Å²) in [4.78, 5) is 3.38. The Morgan fingerprint density at radius 2 is 0.574 bits per heavy atom. The highest BCUT2D eigenvalue weighted by atomic mass is 79.9. The molecule has 0 unspecified atom stereocenters. The standard InChI is InChI=1S/C34H22N2.C12H9N.C10H6Br2/c1-5-13-31-27(9-1)28-10-2-6-14-32(28)35(31)25-19-17-24-22-26(20-18-23(24)21-25)36-33-15-7-3-11-29(33)30-12-4-8-16-34(30)36;1-3-7-11-9(5-1)10-6-2-4-8-12(10)13-11;11-9-3-1-7-5-10(12)4-2-8(7)6-9/h1-22H;1-8,13H;1-6H. The number of H-pyrrole nitrogens is 1. The number of aromatic amines is 1. The van der Waals surface area contributed by atoms with Gasteiger partial charge in [-0.1, -0.05) is 165 Å². The zero-order valence-corrected chi connectivity index (χ0v) is 36.1. The summed E-state index contributed by atoms with van der Waals surface area (Å²) in [6.07, 6.45) is 0. The fourth-order valence-electron chi connectivity index (χ4n) is 8.89. The molecule has 5 heteroatoms. The first kappa shape index (κ1) is 37.1. The van der Waals surface area contributed by atoms with Gasteiger partial charge < -0.3 is 14.1 Å². The van der Waals surface area contributed by atoms with E-state index in [1.165, 1.54) is 98.3 Å². The van der Waals surface area contributed by atoms with Crippen LogP contribution >= 0.6 is 31.9 Å². The lowest BCUT2D eigenvalue weighted by Gasteiger charge is -2.12. The van der Waals surface area contributed by atoms with Crippen molar-refractivity contribution in [3.63, 3.8) is 0 Å². The Morgan fingerprint density at radius 3 is 0.951 bits per heavy atom. The van der Waals surface area contributed by atoms with E-state index in [-0.39, 0.29) is 0 Å². The number of hydrogen-bond donors (Lipinski definition) is 1. The highest BCUT2D eigenvalue weighted by molar-refractivity contribution is 9.10. The van der Waals surface area contributed by atoms with Gasteiger partial charge in [-0.05, 0) is 106 Å². The molecule has 3 aromatic heterocycles. The molecule has 1 N–H and O–H groups in total. The molecule has 0 aliphatic heterocycles. The molecule has 13 rings (SSSR count). The topological polar surface area (TPSA) is 25.6 Å². The molecule has 0 saturated carbocycles. The first-order chi connectivity index (χ1) is 30.1. The summed E-state index contributed by atoms with van der Waals surface area (Å²) >= 11 is 6.88. The van der Waals surface area contributed by atoms with Crippen LogP contribution in [0.5, 0.6) is 0 Å². The molecule has 0 saturated heterocycles. The summed E-state index contributed by atoms with van der Waals surface area (Å²) in [5, 5.41) is 12.7. The Kier molecular flexibility index (Phi) is 9.49. The van der Waals surface area contributed by atoms with Gasteiger partial charge >= 0.3 is 0 Å². The van der Waals surface area contributed by atoms with E-state index in [4.69, 9.17) is 0 Å². The zero-order chi connectivity index (χ0) is 40.9. The second-order valence-electron chi connectivity index (χ2n) is 15.3. The fourth-order valence-corrected chi connectivity index (χ4v) is 9.64. The molecule has 0 aliphatic rings. The smallest absolute Gasteiger partial charge is 0.0541 e. The molecular formula is C56H37Br2N3. The summed E-state index contributed by atoms with van der Waals surface area (Å²) in [7, 11) is 0. The van der Waals surface area contributed by atoms with Gasteiger partial charge in [-0.25, -0.2) is 0 Å². The maximum atomic E-state index is 3.44. The van der Waals surface area contributed by atoms with E-state index in [2.05, 4.69) is 264 Å². The van der Waals surface area contributed by atoms with Crippen LogP contribution in [-0.2, 0) is 0 Å². The molecule has 13 aromatic rings. The highest BCUT2D eigenvalue weighted by Gasteiger charge is 2.14.